The zero-order valence-electron chi connectivity index (χ0n) is 17.1. The van der Waals surface area contributed by atoms with E-state index in [4.69, 9.17) is 21.1 Å². The second-order valence-electron chi connectivity index (χ2n) is 6.84. The van der Waals surface area contributed by atoms with Crippen molar-refractivity contribution in [1.29, 1.82) is 0 Å². The number of para-hydroxylation sites is 1. The van der Waals surface area contributed by atoms with Gasteiger partial charge in [-0.25, -0.2) is 9.79 Å². The highest BCUT2D eigenvalue weighted by molar-refractivity contribution is 7.07. The number of aromatic nitrogens is 1. The zero-order valence-corrected chi connectivity index (χ0v) is 18.7. The molecule has 3 aromatic rings. The van der Waals surface area contributed by atoms with Gasteiger partial charge in [0, 0.05) is 10.6 Å². The number of hydrogen-bond acceptors (Lipinski definition) is 6. The van der Waals surface area contributed by atoms with Crippen molar-refractivity contribution < 1.29 is 14.3 Å². The number of carbonyl (C=O) groups is 1. The van der Waals surface area contributed by atoms with Crippen LogP contribution >= 0.6 is 22.9 Å². The predicted octanol–water partition coefficient (Wildman–Crippen LogP) is 3.07. The maximum absolute atomic E-state index is 13.5. The minimum Gasteiger partial charge on any atom is -0.496 e. The molecule has 1 aliphatic heterocycles. The molecule has 158 valence electrons. The van der Waals surface area contributed by atoms with E-state index in [9.17, 15) is 9.59 Å². The summed E-state index contributed by atoms with van der Waals surface area (Å²) in [7, 11) is 2.89. The lowest BCUT2D eigenvalue weighted by molar-refractivity contribution is -0.136. The van der Waals surface area contributed by atoms with E-state index >= 15 is 0 Å². The lowest BCUT2D eigenvalue weighted by Crippen LogP contribution is -2.39. The summed E-state index contributed by atoms with van der Waals surface area (Å²) in [6, 6.07) is 13.8. The molecule has 1 unspecified atom stereocenters. The van der Waals surface area contributed by atoms with E-state index in [2.05, 4.69) is 4.99 Å². The minimum atomic E-state index is -0.739. The van der Waals surface area contributed by atoms with Gasteiger partial charge in [-0.3, -0.25) is 9.36 Å². The Morgan fingerprint density at radius 2 is 1.87 bits per heavy atom. The highest BCUT2D eigenvalue weighted by Crippen LogP contribution is 2.34. The standard InChI is InChI=1S/C23H19ClN2O4S/c1-13-19(22(28)30-3)20(15-9-5-6-10-16(15)24)26-21(27)18(31-23(26)25-13)12-14-8-4-7-11-17(14)29-2/h4-12,20H,1-3H3. The molecule has 1 aromatic heterocycles. The van der Waals surface area contributed by atoms with Crippen molar-refractivity contribution in [3.05, 3.63) is 95.6 Å². The van der Waals surface area contributed by atoms with Crippen molar-refractivity contribution in [2.45, 2.75) is 13.0 Å². The van der Waals surface area contributed by atoms with Gasteiger partial charge in [0.25, 0.3) is 5.56 Å². The number of allylic oxidation sites excluding steroid dienone is 1. The van der Waals surface area contributed by atoms with Crippen LogP contribution in [0.2, 0.25) is 5.02 Å². The molecule has 4 rings (SSSR count). The van der Waals surface area contributed by atoms with Crippen LogP contribution in [0.3, 0.4) is 0 Å². The van der Waals surface area contributed by atoms with Crippen molar-refractivity contribution in [1.82, 2.24) is 4.57 Å². The molecule has 0 amide bonds. The molecule has 1 atom stereocenters. The molecule has 2 heterocycles. The molecule has 8 heteroatoms. The molecule has 0 bridgehead atoms. The summed E-state index contributed by atoms with van der Waals surface area (Å²) in [5.74, 6) is 0.104. The minimum absolute atomic E-state index is 0.270. The molecule has 2 aromatic carbocycles. The Morgan fingerprint density at radius 1 is 1.16 bits per heavy atom. The van der Waals surface area contributed by atoms with E-state index in [-0.39, 0.29) is 11.1 Å². The molecular formula is C23H19ClN2O4S. The van der Waals surface area contributed by atoms with Crippen LogP contribution < -0.4 is 19.6 Å². The Labute approximate surface area is 187 Å². The number of ether oxygens (including phenoxy) is 2. The third-order valence-corrected chi connectivity index (χ3v) is 6.38. The fourth-order valence-electron chi connectivity index (χ4n) is 3.61. The average Bonchev–Trinajstić information content (AvgIpc) is 3.07. The summed E-state index contributed by atoms with van der Waals surface area (Å²) in [6.45, 7) is 1.73. The van der Waals surface area contributed by atoms with Crippen LogP contribution in [-0.4, -0.2) is 24.8 Å². The first-order valence-electron chi connectivity index (χ1n) is 9.44. The van der Waals surface area contributed by atoms with Gasteiger partial charge in [0.1, 0.15) is 11.8 Å². The smallest absolute Gasteiger partial charge is 0.338 e. The van der Waals surface area contributed by atoms with Crippen LogP contribution in [0.5, 0.6) is 5.75 Å². The number of thiazole rings is 1. The fourth-order valence-corrected chi connectivity index (χ4v) is 4.89. The average molecular weight is 455 g/mol. The van der Waals surface area contributed by atoms with Crippen LogP contribution in [0.1, 0.15) is 24.1 Å². The maximum Gasteiger partial charge on any atom is 0.338 e. The summed E-state index contributed by atoms with van der Waals surface area (Å²) >= 11 is 7.72. The number of methoxy groups -OCH3 is 2. The van der Waals surface area contributed by atoms with Crippen molar-refractivity contribution in [3.63, 3.8) is 0 Å². The maximum atomic E-state index is 13.5. The van der Waals surface area contributed by atoms with E-state index in [0.29, 0.717) is 31.4 Å². The largest absolute Gasteiger partial charge is 0.496 e. The van der Waals surface area contributed by atoms with Crippen molar-refractivity contribution in [2.24, 2.45) is 4.99 Å². The lowest BCUT2D eigenvalue weighted by atomic mass is 9.96. The van der Waals surface area contributed by atoms with E-state index in [1.807, 2.05) is 30.3 Å². The highest BCUT2D eigenvalue weighted by Gasteiger charge is 2.34. The van der Waals surface area contributed by atoms with Crippen LogP contribution in [-0.2, 0) is 9.53 Å². The molecule has 6 nitrogen and oxygen atoms in total. The summed E-state index contributed by atoms with van der Waals surface area (Å²) in [5, 5.41) is 0.447. The Bertz CT molecular complexity index is 1390. The third kappa shape index (κ3) is 3.71. The summed E-state index contributed by atoms with van der Waals surface area (Å²) in [4.78, 5) is 31.2. The molecule has 0 radical (unpaired) electrons. The fraction of sp³-hybridized carbons (Fsp3) is 0.174. The monoisotopic (exact) mass is 454 g/mol. The van der Waals surface area contributed by atoms with E-state index in [0.717, 1.165) is 5.56 Å². The molecule has 31 heavy (non-hydrogen) atoms. The number of nitrogens with zero attached hydrogens (tertiary/aromatic N) is 2. The van der Waals surface area contributed by atoms with Crippen molar-refractivity contribution in [3.8, 4) is 5.75 Å². The summed E-state index contributed by atoms with van der Waals surface area (Å²) in [6.07, 6.45) is 1.77. The van der Waals surface area contributed by atoms with Crippen LogP contribution in [0.15, 0.2) is 69.6 Å². The number of halogens is 1. The molecule has 0 spiro atoms. The van der Waals surface area contributed by atoms with Gasteiger partial charge in [-0.05, 0) is 30.7 Å². The van der Waals surface area contributed by atoms with E-state index in [1.54, 1.807) is 38.3 Å². The molecule has 0 fully saturated rings. The van der Waals surface area contributed by atoms with E-state index < -0.39 is 12.0 Å². The van der Waals surface area contributed by atoms with Gasteiger partial charge < -0.3 is 9.47 Å². The van der Waals surface area contributed by atoms with Gasteiger partial charge in [0.05, 0.1) is 30.0 Å². The molecule has 0 saturated carbocycles. The zero-order chi connectivity index (χ0) is 22.1. The predicted molar refractivity (Wildman–Crippen MR) is 120 cm³/mol. The van der Waals surface area contributed by atoms with Gasteiger partial charge in [-0.1, -0.05) is 59.3 Å². The van der Waals surface area contributed by atoms with Crippen LogP contribution in [0.25, 0.3) is 6.08 Å². The van der Waals surface area contributed by atoms with Gasteiger partial charge >= 0.3 is 5.97 Å². The second-order valence-corrected chi connectivity index (χ2v) is 8.25. The number of benzene rings is 2. The first-order valence-corrected chi connectivity index (χ1v) is 10.6. The highest BCUT2D eigenvalue weighted by atomic mass is 35.5. The van der Waals surface area contributed by atoms with Gasteiger partial charge in [-0.15, -0.1) is 0 Å². The number of hydrogen-bond donors (Lipinski definition) is 0. The molecule has 0 N–H and O–H groups in total. The number of fused-ring (bicyclic) bond motifs is 1. The van der Waals surface area contributed by atoms with Crippen LogP contribution in [0.4, 0.5) is 0 Å². The van der Waals surface area contributed by atoms with Crippen LogP contribution in [0, 0.1) is 0 Å². The Balaban J connectivity index is 2.01. The SMILES string of the molecule is COC(=O)C1=C(C)N=c2sc(=Cc3ccccc3OC)c(=O)n2C1c1ccccc1Cl. The first-order chi connectivity index (χ1) is 15.0. The molecule has 0 saturated heterocycles. The third-order valence-electron chi connectivity index (χ3n) is 5.05. The Morgan fingerprint density at radius 3 is 2.58 bits per heavy atom. The lowest BCUT2D eigenvalue weighted by Gasteiger charge is -2.25. The van der Waals surface area contributed by atoms with Gasteiger partial charge in [0.15, 0.2) is 4.80 Å². The Hall–Kier alpha value is -3.16. The Kier molecular flexibility index (Phi) is 5.80. The summed E-state index contributed by atoms with van der Waals surface area (Å²) < 4.78 is 12.4. The number of carbonyl (C=O) groups excluding carboxylic acids is 1. The second kappa shape index (κ2) is 8.53. The number of esters is 1. The topological polar surface area (TPSA) is 69.9 Å². The normalized spacial score (nSPS) is 16.0. The quantitative estimate of drug-likeness (QED) is 0.568. The number of rotatable bonds is 4. The van der Waals surface area contributed by atoms with Gasteiger partial charge in [0.2, 0.25) is 0 Å². The van der Waals surface area contributed by atoms with E-state index in [1.165, 1.54) is 23.0 Å². The molecule has 0 aliphatic carbocycles. The first kappa shape index (κ1) is 21.1. The van der Waals surface area contributed by atoms with Crippen molar-refractivity contribution in [2.75, 3.05) is 14.2 Å². The molecular weight excluding hydrogens is 436 g/mol. The van der Waals surface area contributed by atoms with Gasteiger partial charge in [-0.2, -0.15) is 0 Å². The summed E-state index contributed by atoms with van der Waals surface area (Å²) in [5.41, 5.74) is 1.90. The molecule has 1 aliphatic rings. The van der Waals surface area contributed by atoms with Crippen molar-refractivity contribution >= 4 is 35.0 Å².